The fourth-order valence-electron chi connectivity index (χ4n) is 2.91. The molecular weight excluding hydrogens is 162 g/mol. The van der Waals surface area contributed by atoms with Crippen LogP contribution in [0.4, 0.5) is 0 Å². The number of nitrogens with zero attached hydrogens (tertiary/aromatic N) is 2. The average Bonchev–Trinajstić information content (AvgIpc) is 2.74. The number of fused-ring (bicyclic) bond motifs is 2. The molecule has 0 spiro atoms. The van der Waals surface area contributed by atoms with Gasteiger partial charge in [0.1, 0.15) is 6.04 Å². The van der Waals surface area contributed by atoms with Gasteiger partial charge in [0.05, 0.1) is 6.07 Å². The van der Waals surface area contributed by atoms with Crippen LogP contribution in [0.2, 0.25) is 0 Å². The lowest BCUT2D eigenvalue weighted by molar-refractivity contribution is 0.178. The molecule has 3 heteroatoms. The van der Waals surface area contributed by atoms with Crippen molar-refractivity contribution < 1.29 is 0 Å². The van der Waals surface area contributed by atoms with Crippen molar-refractivity contribution in [3.05, 3.63) is 0 Å². The number of nitriles is 1. The minimum atomic E-state index is -0.318. The Labute approximate surface area is 79.5 Å². The average molecular weight is 179 g/mol. The van der Waals surface area contributed by atoms with E-state index in [1.807, 2.05) is 0 Å². The predicted molar refractivity (Wildman–Crippen MR) is 50.9 cm³/mol. The Hall–Kier alpha value is -0.590. The highest BCUT2D eigenvalue weighted by atomic mass is 15.3. The summed E-state index contributed by atoms with van der Waals surface area (Å²) in [6.45, 7) is 2.09. The lowest BCUT2D eigenvalue weighted by Crippen LogP contribution is -2.47. The molecule has 13 heavy (non-hydrogen) atoms. The van der Waals surface area contributed by atoms with E-state index in [0.29, 0.717) is 0 Å². The van der Waals surface area contributed by atoms with Gasteiger partial charge in [-0.1, -0.05) is 0 Å². The van der Waals surface area contributed by atoms with E-state index < -0.39 is 0 Å². The van der Waals surface area contributed by atoms with Crippen molar-refractivity contribution in [3.63, 3.8) is 0 Å². The van der Waals surface area contributed by atoms with E-state index in [0.717, 1.165) is 12.1 Å². The molecule has 2 unspecified atom stereocenters. The number of rotatable bonds is 2. The second kappa shape index (κ2) is 3.28. The van der Waals surface area contributed by atoms with Crippen LogP contribution in [0.15, 0.2) is 0 Å². The molecule has 0 aromatic heterocycles. The normalized spacial score (nSPS) is 37.3. The summed E-state index contributed by atoms with van der Waals surface area (Å²) in [6.07, 6.45) is 5.25. The summed E-state index contributed by atoms with van der Waals surface area (Å²) in [5, 5.41) is 8.76. The van der Waals surface area contributed by atoms with Gasteiger partial charge in [-0.3, -0.25) is 4.90 Å². The summed E-state index contributed by atoms with van der Waals surface area (Å²) in [5.41, 5.74) is 5.75. The smallest absolute Gasteiger partial charge is 0.108 e. The molecule has 2 heterocycles. The summed E-state index contributed by atoms with van der Waals surface area (Å²) >= 11 is 0. The van der Waals surface area contributed by atoms with E-state index in [1.54, 1.807) is 0 Å². The van der Waals surface area contributed by atoms with Crippen molar-refractivity contribution in [1.82, 2.24) is 4.90 Å². The Bertz CT molecular complexity index is 213. The fourth-order valence-corrected chi connectivity index (χ4v) is 2.91. The van der Waals surface area contributed by atoms with Crippen molar-refractivity contribution in [2.45, 2.75) is 56.8 Å². The predicted octanol–water partition coefficient (Wildman–Crippen LogP) is 0.853. The van der Waals surface area contributed by atoms with E-state index in [9.17, 15) is 0 Å². The van der Waals surface area contributed by atoms with Crippen LogP contribution in [-0.4, -0.2) is 29.1 Å². The van der Waals surface area contributed by atoms with Crippen LogP contribution >= 0.6 is 0 Å². The first-order valence-electron chi connectivity index (χ1n) is 5.16. The molecule has 0 amide bonds. The highest BCUT2D eigenvalue weighted by molar-refractivity contribution is 5.03. The summed E-state index contributed by atoms with van der Waals surface area (Å²) in [4.78, 5) is 2.48. The zero-order valence-electron chi connectivity index (χ0n) is 8.11. The zero-order chi connectivity index (χ0) is 9.42. The monoisotopic (exact) mass is 179 g/mol. The largest absolute Gasteiger partial charge is 0.315 e. The molecule has 2 N–H and O–H groups in total. The summed E-state index contributed by atoms with van der Waals surface area (Å²) in [6, 6.07) is 3.51. The molecule has 2 rings (SSSR count). The van der Waals surface area contributed by atoms with Crippen molar-refractivity contribution in [1.29, 1.82) is 5.26 Å². The van der Waals surface area contributed by atoms with Gasteiger partial charge in [0, 0.05) is 18.1 Å². The van der Waals surface area contributed by atoms with Gasteiger partial charge in [-0.25, -0.2) is 0 Å². The van der Waals surface area contributed by atoms with Crippen molar-refractivity contribution in [2.75, 3.05) is 0 Å². The Morgan fingerprint density at radius 2 is 1.77 bits per heavy atom. The number of hydrogen-bond donors (Lipinski definition) is 1. The Kier molecular flexibility index (Phi) is 2.27. The van der Waals surface area contributed by atoms with E-state index in [2.05, 4.69) is 17.9 Å². The maximum atomic E-state index is 8.76. The third-order valence-corrected chi connectivity index (χ3v) is 3.65. The van der Waals surface area contributed by atoms with Gasteiger partial charge in [0.15, 0.2) is 0 Å². The van der Waals surface area contributed by atoms with E-state index >= 15 is 0 Å². The highest BCUT2D eigenvalue weighted by Gasteiger charge is 2.42. The van der Waals surface area contributed by atoms with Crippen LogP contribution < -0.4 is 5.73 Å². The molecule has 0 aromatic carbocycles. The minimum absolute atomic E-state index is 0.241. The topological polar surface area (TPSA) is 53.1 Å². The Morgan fingerprint density at radius 1 is 1.31 bits per heavy atom. The third-order valence-electron chi connectivity index (χ3n) is 3.65. The van der Waals surface area contributed by atoms with Crippen LogP contribution in [0.1, 0.15) is 32.6 Å². The van der Waals surface area contributed by atoms with Crippen molar-refractivity contribution in [2.24, 2.45) is 5.73 Å². The minimum Gasteiger partial charge on any atom is -0.315 e. The molecule has 2 fully saturated rings. The Morgan fingerprint density at radius 3 is 2.15 bits per heavy atom. The maximum Gasteiger partial charge on any atom is 0.108 e. The molecule has 0 saturated carbocycles. The number of hydrogen-bond acceptors (Lipinski definition) is 3. The summed E-state index contributed by atoms with van der Waals surface area (Å²) in [7, 11) is 0. The first-order chi connectivity index (χ1) is 6.24. The Balaban J connectivity index is 2.05. The third kappa shape index (κ3) is 1.34. The van der Waals surface area contributed by atoms with E-state index in [1.165, 1.54) is 25.7 Å². The van der Waals surface area contributed by atoms with Gasteiger partial charge in [0.2, 0.25) is 0 Å². The highest BCUT2D eigenvalue weighted by Crippen LogP contribution is 2.39. The van der Waals surface area contributed by atoms with Crippen LogP contribution in [-0.2, 0) is 0 Å². The van der Waals surface area contributed by atoms with Gasteiger partial charge >= 0.3 is 0 Å². The van der Waals surface area contributed by atoms with Crippen LogP contribution in [0, 0.1) is 11.3 Å². The molecule has 0 aliphatic carbocycles. The molecule has 0 radical (unpaired) electrons. The molecule has 2 saturated heterocycles. The lowest BCUT2D eigenvalue weighted by Gasteiger charge is -2.30. The lowest BCUT2D eigenvalue weighted by atomic mass is 10.0. The van der Waals surface area contributed by atoms with Gasteiger partial charge in [-0.2, -0.15) is 5.26 Å². The summed E-state index contributed by atoms with van der Waals surface area (Å²) in [5.74, 6) is 0. The van der Waals surface area contributed by atoms with Crippen LogP contribution in [0.5, 0.6) is 0 Å². The van der Waals surface area contributed by atoms with Crippen LogP contribution in [0.25, 0.3) is 0 Å². The summed E-state index contributed by atoms with van der Waals surface area (Å²) < 4.78 is 0. The fraction of sp³-hybridized carbons (Fsp3) is 0.900. The zero-order valence-corrected chi connectivity index (χ0v) is 8.11. The quantitative estimate of drug-likeness (QED) is 0.683. The van der Waals surface area contributed by atoms with Gasteiger partial charge < -0.3 is 5.73 Å². The molecule has 72 valence electrons. The van der Waals surface area contributed by atoms with Gasteiger partial charge in [-0.15, -0.1) is 0 Å². The molecular formula is C10H17N3. The first kappa shape index (κ1) is 8.98. The standard InChI is InChI=1S/C10H17N3/c1-7(10(12)6-11)13-8-2-3-9(13)5-4-8/h7-10H,2-5,12H2,1H3. The maximum absolute atomic E-state index is 8.76. The second-order valence-electron chi connectivity index (χ2n) is 4.31. The van der Waals surface area contributed by atoms with E-state index in [4.69, 9.17) is 11.0 Å². The molecule has 2 bridgehead atoms. The van der Waals surface area contributed by atoms with Crippen LogP contribution in [0.3, 0.4) is 0 Å². The molecule has 3 nitrogen and oxygen atoms in total. The van der Waals surface area contributed by atoms with Gasteiger partial charge in [0.25, 0.3) is 0 Å². The van der Waals surface area contributed by atoms with Crippen molar-refractivity contribution in [3.8, 4) is 6.07 Å². The molecule has 0 aromatic rings. The van der Waals surface area contributed by atoms with Gasteiger partial charge in [-0.05, 0) is 32.6 Å². The molecule has 2 aliphatic heterocycles. The second-order valence-corrected chi connectivity index (χ2v) is 4.31. The first-order valence-corrected chi connectivity index (χ1v) is 5.16. The molecule has 2 aliphatic rings. The number of nitrogens with two attached hydrogens (primary N) is 1. The SMILES string of the molecule is CC(C(N)C#N)N1C2CCC1CC2. The van der Waals surface area contributed by atoms with Crippen molar-refractivity contribution >= 4 is 0 Å². The molecule has 2 atom stereocenters. The van der Waals surface area contributed by atoms with E-state index in [-0.39, 0.29) is 12.1 Å².